The molecule has 0 aliphatic rings. The molecule has 4 nitrogen and oxygen atoms in total. The van der Waals surface area contributed by atoms with E-state index in [0.717, 1.165) is 24.0 Å². The van der Waals surface area contributed by atoms with Crippen molar-refractivity contribution in [3.63, 3.8) is 0 Å². The van der Waals surface area contributed by atoms with E-state index in [0.29, 0.717) is 12.3 Å². The van der Waals surface area contributed by atoms with E-state index in [2.05, 4.69) is 57.5 Å². The maximum absolute atomic E-state index is 11.8. The van der Waals surface area contributed by atoms with Gasteiger partial charge in [0.05, 0.1) is 0 Å². The van der Waals surface area contributed by atoms with Crippen LogP contribution >= 0.6 is 15.9 Å². The number of rotatable bonds is 9. The van der Waals surface area contributed by atoms with E-state index in [-0.39, 0.29) is 12.5 Å². The van der Waals surface area contributed by atoms with E-state index in [4.69, 9.17) is 4.74 Å². The largest absolute Gasteiger partial charge is 0.484 e. The molecule has 0 atom stereocenters. The molecule has 0 aliphatic carbocycles. The van der Waals surface area contributed by atoms with Crippen LogP contribution in [0.4, 0.5) is 0 Å². The van der Waals surface area contributed by atoms with E-state index < -0.39 is 0 Å². The zero-order valence-corrected chi connectivity index (χ0v) is 15.5. The fraction of sp³-hybridized carbons (Fsp3) is 0.316. The molecular weight excluding hydrogens is 368 g/mol. The molecule has 0 unspecified atom stereocenters. The van der Waals surface area contributed by atoms with Crippen LogP contribution in [0.2, 0.25) is 0 Å². The SMILES string of the molecule is CN(CCCNC(=O)COc1cccc(Br)c1)Cc1ccccc1. The lowest BCUT2D eigenvalue weighted by Gasteiger charge is -2.16. The number of amides is 1. The van der Waals surface area contributed by atoms with E-state index in [1.165, 1.54) is 5.56 Å². The standard InChI is InChI=1S/C19H23BrN2O2/c1-22(14-16-7-3-2-4-8-16)12-6-11-21-19(23)15-24-18-10-5-9-17(20)13-18/h2-5,7-10,13H,6,11-12,14-15H2,1H3,(H,21,23). The van der Waals surface area contributed by atoms with Crippen LogP contribution < -0.4 is 10.1 Å². The Morgan fingerprint density at radius 3 is 2.71 bits per heavy atom. The Morgan fingerprint density at radius 1 is 1.17 bits per heavy atom. The number of carbonyl (C=O) groups excluding carboxylic acids is 1. The summed E-state index contributed by atoms with van der Waals surface area (Å²) < 4.78 is 6.39. The molecule has 2 aromatic carbocycles. The predicted molar refractivity (Wildman–Crippen MR) is 100 cm³/mol. The minimum Gasteiger partial charge on any atom is -0.484 e. The maximum atomic E-state index is 11.8. The molecule has 0 aliphatic heterocycles. The van der Waals surface area contributed by atoms with Crippen molar-refractivity contribution in [1.29, 1.82) is 0 Å². The fourth-order valence-corrected chi connectivity index (χ4v) is 2.69. The summed E-state index contributed by atoms with van der Waals surface area (Å²) in [6.45, 7) is 2.54. The molecule has 0 fully saturated rings. The van der Waals surface area contributed by atoms with Gasteiger partial charge in [0.1, 0.15) is 5.75 Å². The molecule has 2 aromatic rings. The first kappa shape index (κ1) is 18.5. The summed E-state index contributed by atoms with van der Waals surface area (Å²) in [5.74, 6) is 0.586. The summed E-state index contributed by atoms with van der Waals surface area (Å²) in [4.78, 5) is 14.0. The number of ether oxygens (including phenoxy) is 1. The highest BCUT2D eigenvalue weighted by Crippen LogP contribution is 2.17. The summed E-state index contributed by atoms with van der Waals surface area (Å²) >= 11 is 3.37. The lowest BCUT2D eigenvalue weighted by Crippen LogP contribution is -2.31. The van der Waals surface area contributed by atoms with Crippen LogP contribution in [-0.2, 0) is 11.3 Å². The Balaban J connectivity index is 1.57. The molecule has 24 heavy (non-hydrogen) atoms. The second-order valence-electron chi connectivity index (χ2n) is 5.67. The van der Waals surface area contributed by atoms with Gasteiger partial charge in [0.15, 0.2) is 6.61 Å². The molecule has 1 N–H and O–H groups in total. The average Bonchev–Trinajstić information content (AvgIpc) is 2.58. The summed E-state index contributed by atoms with van der Waals surface area (Å²) in [5.41, 5.74) is 1.30. The van der Waals surface area contributed by atoms with Crippen LogP contribution in [0.5, 0.6) is 5.75 Å². The van der Waals surface area contributed by atoms with Crippen LogP contribution in [0.25, 0.3) is 0 Å². The third kappa shape index (κ3) is 7.15. The van der Waals surface area contributed by atoms with Crippen LogP contribution in [-0.4, -0.2) is 37.6 Å². The van der Waals surface area contributed by atoms with E-state index in [1.54, 1.807) is 0 Å². The van der Waals surface area contributed by atoms with Crippen LogP contribution in [0.15, 0.2) is 59.1 Å². The summed E-state index contributed by atoms with van der Waals surface area (Å²) in [7, 11) is 2.09. The average molecular weight is 391 g/mol. The quantitative estimate of drug-likeness (QED) is 0.666. The second-order valence-corrected chi connectivity index (χ2v) is 6.59. The summed E-state index contributed by atoms with van der Waals surface area (Å²) in [6.07, 6.45) is 0.909. The molecule has 0 aromatic heterocycles. The van der Waals surface area contributed by atoms with Crippen molar-refractivity contribution >= 4 is 21.8 Å². The minimum absolute atomic E-state index is 0.0380. The maximum Gasteiger partial charge on any atom is 0.257 e. The number of carbonyl (C=O) groups is 1. The predicted octanol–water partition coefficient (Wildman–Crippen LogP) is 3.47. The highest BCUT2D eigenvalue weighted by atomic mass is 79.9. The molecule has 0 spiro atoms. The van der Waals surface area contributed by atoms with Gasteiger partial charge in [0, 0.05) is 17.6 Å². The van der Waals surface area contributed by atoms with Gasteiger partial charge in [-0.15, -0.1) is 0 Å². The molecule has 1 amide bonds. The van der Waals surface area contributed by atoms with Crippen molar-refractivity contribution in [3.8, 4) is 5.75 Å². The van der Waals surface area contributed by atoms with Crippen molar-refractivity contribution < 1.29 is 9.53 Å². The highest BCUT2D eigenvalue weighted by Gasteiger charge is 2.04. The topological polar surface area (TPSA) is 41.6 Å². The minimum atomic E-state index is -0.0966. The lowest BCUT2D eigenvalue weighted by atomic mass is 10.2. The van der Waals surface area contributed by atoms with Crippen LogP contribution in [0.1, 0.15) is 12.0 Å². The Kier molecular flexibility index (Phi) is 7.79. The number of benzene rings is 2. The van der Waals surface area contributed by atoms with Gasteiger partial charge < -0.3 is 15.0 Å². The van der Waals surface area contributed by atoms with Crippen LogP contribution in [0, 0.1) is 0 Å². The van der Waals surface area contributed by atoms with Crippen molar-refractivity contribution in [2.24, 2.45) is 0 Å². The monoisotopic (exact) mass is 390 g/mol. The fourth-order valence-electron chi connectivity index (χ4n) is 2.31. The summed E-state index contributed by atoms with van der Waals surface area (Å²) in [5, 5.41) is 2.88. The molecule has 0 bridgehead atoms. The Hall–Kier alpha value is -1.85. The first-order valence-electron chi connectivity index (χ1n) is 8.01. The van der Waals surface area contributed by atoms with Gasteiger partial charge >= 0.3 is 0 Å². The van der Waals surface area contributed by atoms with Gasteiger partial charge in [-0.3, -0.25) is 4.79 Å². The third-order valence-corrected chi connectivity index (χ3v) is 3.99. The molecule has 5 heteroatoms. The van der Waals surface area contributed by atoms with E-state index in [1.807, 2.05) is 30.3 Å². The lowest BCUT2D eigenvalue weighted by molar-refractivity contribution is -0.123. The van der Waals surface area contributed by atoms with Gasteiger partial charge in [-0.05, 0) is 43.8 Å². The first-order chi connectivity index (χ1) is 11.6. The number of hydrogen-bond donors (Lipinski definition) is 1. The Morgan fingerprint density at radius 2 is 1.96 bits per heavy atom. The Labute approximate surface area is 151 Å². The Bertz CT molecular complexity index is 634. The molecule has 128 valence electrons. The second kappa shape index (κ2) is 10.1. The first-order valence-corrected chi connectivity index (χ1v) is 8.80. The van der Waals surface area contributed by atoms with E-state index in [9.17, 15) is 4.79 Å². The van der Waals surface area contributed by atoms with Crippen molar-refractivity contribution in [2.45, 2.75) is 13.0 Å². The van der Waals surface area contributed by atoms with Crippen molar-refractivity contribution in [1.82, 2.24) is 10.2 Å². The smallest absolute Gasteiger partial charge is 0.257 e. The van der Waals surface area contributed by atoms with Gasteiger partial charge in [0.2, 0.25) is 0 Å². The normalized spacial score (nSPS) is 10.6. The zero-order valence-electron chi connectivity index (χ0n) is 13.9. The highest BCUT2D eigenvalue weighted by molar-refractivity contribution is 9.10. The molecule has 0 saturated heterocycles. The van der Waals surface area contributed by atoms with Gasteiger partial charge in [-0.2, -0.15) is 0 Å². The number of nitrogens with one attached hydrogen (secondary N) is 1. The molecular formula is C19H23BrN2O2. The van der Waals surface area contributed by atoms with Crippen LogP contribution in [0.3, 0.4) is 0 Å². The third-order valence-electron chi connectivity index (χ3n) is 3.50. The molecule has 0 heterocycles. The number of hydrogen-bond acceptors (Lipinski definition) is 3. The van der Waals surface area contributed by atoms with Crippen molar-refractivity contribution in [3.05, 3.63) is 64.6 Å². The summed E-state index contributed by atoms with van der Waals surface area (Å²) in [6, 6.07) is 17.8. The van der Waals surface area contributed by atoms with Gasteiger partial charge in [-0.25, -0.2) is 0 Å². The van der Waals surface area contributed by atoms with Gasteiger partial charge in [-0.1, -0.05) is 52.3 Å². The van der Waals surface area contributed by atoms with Crippen molar-refractivity contribution in [2.75, 3.05) is 26.7 Å². The van der Waals surface area contributed by atoms with Gasteiger partial charge in [0.25, 0.3) is 5.91 Å². The molecule has 0 saturated carbocycles. The number of halogens is 1. The zero-order chi connectivity index (χ0) is 17.2. The molecule has 0 radical (unpaired) electrons. The van der Waals surface area contributed by atoms with E-state index >= 15 is 0 Å². The molecule has 2 rings (SSSR count). The number of nitrogens with zero attached hydrogens (tertiary/aromatic N) is 1.